The van der Waals surface area contributed by atoms with Crippen molar-refractivity contribution < 1.29 is 16.8 Å². The second-order valence-electron chi connectivity index (χ2n) is 12.4. The zero-order valence-corrected chi connectivity index (χ0v) is 27.0. The number of fused-ring (bicyclic) bond motifs is 1. The molecule has 0 aromatic carbocycles. The normalized spacial score (nSPS) is 27.6. The lowest BCUT2D eigenvalue weighted by molar-refractivity contribution is 0.0285. The summed E-state index contributed by atoms with van der Waals surface area (Å²) in [6.45, 7) is 10.0. The molecule has 2 fully saturated rings. The zero-order valence-electron chi connectivity index (χ0n) is 25.4. The van der Waals surface area contributed by atoms with E-state index in [0.717, 1.165) is 36.9 Å². The number of hydrogen-bond acceptors (Lipinski definition) is 7. The summed E-state index contributed by atoms with van der Waals surface area (Å²) >= 11 is 0. The van der Waals surface area contributed by atoms with Crippen molar-refractivity contribution in [2.24, 2.45) is 23.5 Å². The van der Waals surface area contributed by atoms with E-state index in [4.69, 9.17) is 10.7 Å². The molecule has 3 N–H and O–H groups in total. The Balaban J connectivity index is 1.78. The lowest BCUT2D eigenvalue weighted by Crippen LogP contribution is -2.73. The predicted molar refractivity (Wildman–Crippen MR) is 165 cm³/mol. The number of aromatic nitrogens is 3. The van der Waals surface area contributed by atoms with Gasteiger partial charge >= 0.3 is 0 Å². The van der Waals surface area contributed by atoms with Crippen molar-refractivity contribution >= 4 is 36.9 Å². The SMILES string of the molecule is CCCCS(=O)(=O)N1CCC(C)C(C(N)[N+](C)(c2ncnc3[nH]ccc23)C2CN(S(=O)(=O)CCCC)CCC2C)C1. The molecule has 2 aromatic heterocycles. The van der Waals surface area contributed by atoms with Gasteiger partial charge in [0.05, 0.1) is 25.1 Å². The summed E-state index contributed by atoms with van der Waals surface area (Å²) in [4.78, 5) is 12.4. The van der Waals surface area contributed by atoms with Gasteiger partial charge in [0.2, 0.25) is 25.9 Å². The average Bonchev–Trinajstić information content (AvgIpc) is 3.44. The van der Waals surface area contributed by atoms with Gasteiger partial charge in [0.25, 0.3) is 0 Å². The van der Waals surface area contributed by atoms with Crippen LogP contribution in [0.2, 0.25) is 0 Å². The van der Waals surface area contributed by atoms with Gasteiger partial charge < -0.3 is 4.98 Å². The maximum Gasteiger partial charge on any atom is 0.241 e. The predicted octanol–water partition coefficient (Wildman–Crippen LogP) is 3.11. The first-order valence-electron chi connectivity index (χ1n) is 15.2. The van der Waals surface area contributed by atoms with Gasteiger partial charge in [-0.1, -0.05) is 40.5 Å². The van der Waals surface area contributed by atoms with Gasteiger partial charge in [0, 0.05) is 37.7 Å². The van der Waals surface area contributed by atoms with Crippen LogP contribution in [0, 0.1) is 17.8 Å². The second kappa shape index (κ2) is 12.9. The van der Waals surface area contributed by atoms with E-state index in [1.165, 1.54) is 6.33 Å². The lowest BCUT2D eigenvalue weighted by Gasteiger charge is -2.53. The highest BCUT2D eigenvalue weighted by Crippen LogP contribution is 2.41. The Morgan fingerprint density at radius 3 is 2.17 bits per heavy atom. The number of hydrogen-bond donors (Lipinski definition) is 2. The number of likely N-dealkylation sites (N-methyl/N-ethyl adjacent to an activating group) is 1. The Labute approximate surface area is 246 Å². The Morgan fingerprint density at radius 2 is 1.56 bits per heavy atom. The summed E-state index contributed by atoms with van der Waals surface area (Å²) in [5.74, 6) is 1.23. The van der Waals surface area contributed by atoms with Gasteiger partial charge in [-0.05, 0) is 37.7 Å². The molecular formula is C28H50N7O4S2+. The van der Waals surface area contributed by atoms with Crippen molar-refractivity contribution in [1.29, 1.82) is 0 Å². The summed E-state index contributed by atoms with van der Waals surface area (Å²) in [6, 6.07) is 1.77. The Hall–Kier alpha value is -1.64. The number of H-pyrrole nitrogens is 1. The molecule has 0 radical (unpaired) electrons. The first kappa shape index (κ1) is 32.3. The fourth-order valence-corrected chi connectivity index (χ4v) is 10.2. The number of unbranched alkanes of at least 4 members (excludes halogenated alkanes) is 2. The quantitative estimate of drug-likeness (QED) is 0.277. The molecule has 0 spiro atoms. The van der Waals surface area contributed by atoms with Crippen LogP contribution in [0.1, 0.15) is 66.2 Å². The molecule has 11 nitrogen and oxygen atoms in total. The number of quaternary nitrogens is 1. The van der Waals surface area contributed by atoms with E-state index >= 15 is 0 Å². The first-order valence-corrected chi connectivity index (χ1v) is 18.4. The number of nitrogens with two attached hydrogens (primary N) is 1. The van der Waals surface area contributed by atoms with Crippen LogP contribution in [-0.4, -0.2) is 97.3 Å². The minimum Gasteiger partial charge on any atom is -0.346 e. The summed E-state index contributed by atoms with van der Waals surface area (Å²) in [6.07, 6.45) is 7.18. The molecule has 0 aliphatic carbocycles. The second-order valence-corrected chi connectivity index (χ2v) is 16.6. The van der Waals surface area contributed by atoms with Gasteiger partial charge in [-0.2, -0.15) is 9.29 Å². The molecule has 6 atom stereocenters. The molecule has 4 heterocycles. The van der Waals surface area contributed by atoms with Crippen molar-refractivity contribution in [1.82, 2.24) is 28.0 Å². The van der Waals surface area contributed by atoms with E-state index < -0.39 is 26.2 Å². The summed E-state index contributed by atoms with van der Waals surface area (Å²) < 4.78 is 56.8. The van der Waals surface area contributed by atoms with E-state index in [-0.39, 0.29) is 39.8 Å². The van der Waals surface area contributed by atoms with Gasteiger partial charge in [0.15, 0.2) is 6.17 Å². The third kappa shape index (κ3) is 6.50. The Morgan fingerprint density at radius 1 is 0.976 bits per heavy atom. The molecule has 232 valence electrons. The van der Waals surface area contributed by atoms with Crippen molar-refractivity contribution in [2.45, 2.75) is 78.4 Å². The highest BCUT2D eigenvalue weighted by atomic mass is 32.2. The van der Waals surface area contributed by atoms with Crippen molar-refractivity contribution in [2.75, 3.05) is 44.7 Å². The first-order chi connectivity index (χ1) is 19.4. The molecule has 4 rings (SSSR count). The smallest absolute Gasteiger partial charge is 0.241 e. The highest BCUT2D eigenvalue weighted by molar-refractivity contribution is 7.89. The number of aromatic amines is 1. The average molecular weight is 613 g/mol. The van der Waals surface area contributed by atoms with Crippen LogP contribution < -0.4 is 10.2 Å². The van der Waals surface area contributed by atoms with Crippen molar-refractivity contribution in [3.05, 3.63) is 18.6 Å². The number of sulfonamides is 2. The molecule has 0 bridgehead atoms. The van der Waals surface area contributed by atoms with Gasteiger partial charge in [-0.15, -0.1) is 0 Å². The van der Waals surface area contributed by atoms with Gasteiger partial charge in [-0.25, -0.2) is 26.1 Å². The van der Waals surface area contributed by atoms with Gasteiger partial charge in [-0.3, -0.25) is 10.2 Å². The molecule has 2 saturated heterocycles. The van der Waals surface area contributed by atoms with Gasteiger partial charge in [0.1, 0.15) is 23.4 Å². The van der Waals surface area contributed by atoms with Crippen LogP contribution in [0.5, 0.6) is 0 Å². The molecule has 6 unspecified atom stereocenters. The largest absolute Gasteiger partial charge is 0.346 e. The Kier molecular flexibility index (Phi) is 10.2. The number of piperidine rings is 2. The zero-order chi connectivity index (χ0) is 30.0. The highest BCUT2D eigenvalue weighted by Gasteiger charge is 2.53. The molecule has 13 heteroatoms. The van der Waals surface area contributed by atoms with Crippen LogP contribution >= 0.6 is 0 Å². The van der Waals surface area contributed by atoms with Crippen LogP contribution in [0.4, 0.5) is 5.82 Å². The molecule has 2 aromatic rings. The van der Waals surface area contributed by atoms with E-state index in [2.05, 4.69) is 30.9 Å². The minimum absolute atomic E-state index is 0.139. The molecule has 2 aliphatic rings. The summed E-state index contributed by atoms with van der Waals surface area (Å²) in [5, 5.41) is 0.847. The number of nitrogens with one attached hydrogen (secondary N) is 1. The monoisotopic (exact) mass is 612 g/mol. The van der Waals surface area contributed by atoms with Crippen molar-refractivity contribution in [3.63, 3.8) is 0 Å². The lowest BCUT2D eigenvalue weighted by atomic mass is 9.82. The van der Waals surface area contributed by atoms with E-state index in [1.807, 2.05) is 26.1 Å². The maximum atomic E-state index is 13.4. The summed E-state index contributed by atoms with van der Waals surface area (Å²) in [7, 11) is -4.74. The molecule has 41 heavy (non-hydrogen) atoms. The third-order valence-electron chi connectivity index (χ3n) is 9.70. The van der Waals surface area contributed by atoms with E-state index in [9.17, 15) is 16.8 Å². The van der Waals surface area contributed by atoms with Crippen LogP contribution in [-0.2, 0) is 20.0 Å². The van der Waals surface area contributed by atoms with E-state index in [0.29, 0.717) is 44.7 Å². The molecule has 2 aliphatic heterocycles. The summed E-state index contributed by atoms with van der Waals surface area (Å²) in [5.41, 5.74) is 8.05. The maximum absolute atomic E-state index is 13.4. The fraction of sp³-hybridized carbons (Fsp3) is 0.786. The molecule has 0 saturated carbocycles. The number of nitrogens with zero attached hydrogens (tertiary/aromatic N) is 5. The molecule has 0 amide bonds. The van der Waals surface area contributed by atoms with Crippen LogP contribution in [0.25, 0.3) is 11.0 Å². The van der Waals surface area contributed by atoms with Crippen molar-refractivity contribution in [3.8, 4) is 0 Å². The fourth-order valence-electron chi connectivity index (χ4n) is 6.81. The van der Waals surface area contributed by atoms with Crippen LogP contribution in [0.15, 0.2) is 18.6 Å². The third-order valence-corrected chi connectivity index (χ3v) is 13.5. The Bertz CT molecular complexity index is 1380. The van der Waals surface area contributed by atoms with Crippen LogP contribution in [0.3, 0.4) is 0 Å². The number of rotatable bonds is 12. The minimum atomic E-state index is -3.42. The van der Waals surface area contributed by atoms with E-state index in [1.54, 1.807) is 8.61 Å². The standard InChI is InChI=1S/C28H50N7O4S2/c1-6-8-16-40(36,37)33-14-11-21(3)24(18-33)26(29)35(5,28-23-10-13-30-27(23)31-20-32-28)25-19-34(15-12-22(25)4)41(38,39)17-9-7-2/h10,13,20-22,24-26H,6-9,11-12,14-19,29H2,1-5H3,(H,30,31,32)/q+1. The topological polar surface area (TPSA) is 142 Å². The molecular weight excluding hydrogens is 562 g/mol.